The molecule has 1 unspecified atom stereocenters. The summed E-state index contributed by atoms with van der Waals surface area (Å²) in [4.78, 5) is 35.6. The van der Waals surface area contributed by atoms with Crippen molar-refractivity contribution in [2.24, 2.45) is 0 Å². The summed E-state index contributed by atoms with van der Waals surface area (Å²) in [6.45, 7) is 0.562. The summed E-state index contributed by atoms with van der Waals surface area (Å²) in [7, 11) is 0. The average Bonchev–Trinajstić information content (AvgIpc) is 3.17. The molecule has 0 aliphatic carbocycles. The van der Waals surface area contributed by atoms with Crippen LogP contribution in [0.1, 0.15) is 33.6 Å². The van der Waals surface area contributed by atoms with E-state index in [0.29, 0.717) is 30.0 Å². The van der Waals surface area contributed by atoms with Crippen LogP contribution in [0.15, 0.2) is 48.5 Å². The number of para-hydroxylation sites is 1. The monoisotopic (exact) mass is 354 g/mol. The minimum Gasteiger partial charge on any atom is -0.478 e. The second kappa shape index (κ2) is 7.79. The second-order valence-electron chi connectivity index (χ2n) is 5.87. The van der Waals surface area contributed by atoms with Crippen LogP contribution in [-0.2, 0) is 9.53 Å². The largest absolute Gasteiger partial charge is 0.478 e. The standard InChI is InChI=1S/C19H18N2O5/c22-17(20-13-9-7-12(8-10-13)19(24)25)14-4-1-2-5-15(14)21-18(23)16-6-3-11-26-16/h1-2,4-5,7-10,16H,3,6,11H2,(H,20,22)(H,21,23)(H,24,25). The van der Waals surface area contributed by atoms with Crippen molar-refractivity contribution < 1.29 is 24.2 Å². The first-order chi connectivity index (χ1) is 12.5. The Morgan fingerprint density at radius 1 is 1.00 bits per heavy atom. The molecule has 1 aliphatic heterocycles. The third-order valence-corrected chi connectivity index (χ3v) is 4.04. The van der Waals surface area contributed by atoms with Gasteiger partial charge in [0.1, 0.15) is 6.10 Å². The number of amides is 2. The molecule has 2 amide bonds. The Kier molecular flexibility index (Phi) is 5.28. The molecule has 1 aliphatic rings. The molecule has 2 aromatic rings. The van der Waals surface area contributed by atoms with E-state index < -0.39 is 18.0 Å². The van der Waals surface area contributed by atoms with Crippen molar-refractivity contribution >= 4 is 29.2 Å². The van der Waals surface area contributed by atoms with Gasteiger partial charge in [-0.05, 0) is 49.2 Å². The zero-order chi connectivity index (χ0) is 18.5. The number of carbonyl (C=O) groups excluding carboxylic acids is 2. The van der Waals surface area contributed by atoms with E-state index >= 15 is 0 Å². The number of carbonyl (C=O) groups is 3. The highest BCUT2D eigenvalue weighted by Crippen LogP contribution is 2.20. The molecule has 1 atom stereocenters. The van der Waals surface area contributed by atoms with Crippen LogP contribution in [0.2, 0.25) is 0 Å². The molecular weight excluding hydrogens is 336 g/mol. The molecule has 0 spiro atoms. The van der Waals surface area contributed by atoms with Crippen molar-refractivity contribution in [1.82, 2.24) is 0 Å². The van der Waals surface area contributed by atoms with Gasteiger partial charge in [-0.25, -0.2) is 4.79 Å². The summed E-state index contributed by atoms with van der Waals surface area (Å²) < 4.78 is 5.35. The van der Waals surface area contributed by atoms with Crippen LogP contribution in [0.3, 0.4) is 0 Å². The van der Waals surface area contributed by atoms with Crippen molar-refractivity contribution in [2.75, 3.05) is 17.2 Å². The van der Waals surface area contributed by atoms with Gasteiger partial charge in [-0.1, -0.05) is 12.1 Å². The van der Waals surface area contributed by atoms with Crippen LogP contribution in [0.4, 0.5) is 11.4 Å². The van der Waals surface area contributed by atoms with Crippen LogP contribution in [0, 0.1) is 0 Å². The molecule has 1 saturated heterocycles. The third-order valence-electron chi connectivity index (χ3n) is 4.04. The SMILES string of the molecule is O=C(O)c1ccc(NC(=O)c2ccccc2NC(=O)C2CCCO2)cc1. The number of hydrogen-bond donors (Lipinski definition) is 3. The fourth-order valence-corrected chi connectivity index (χ4v) is 2.68. The molecule has 134 valence electrons. The Bertz CT molecular complexity index is 826. The smallest absolute Gasteiger partial charge is 0.335 e. The zero-order valence-electron chi connectivity index (χ0n) is 13.9. The van der Waals surface area contributed by atoms with Gasteiger partial charge in [0.2, 0.25) is 0 Å². The first-order valence-corrected chi connectivity index (χ1v) is 8.21. The maximum atomic E-state index is 12.5. The zero-order valence-corrected chi connectivity index (χ0v) is 13.9. The quantitative estimate of drug-likeness (QED) is 0.766. The van der Waals surface area contributed by atoms with E-state index in [-0.39, 0.29) is 11.5 Å². The number of aromatic carboxylic acids is 1. The normalized spacial score (nSPS) is 16.1. The van der Waals surface area contributed by atoms with Crippen LogP contribution in [0.25, 0.3) is 0 Å². The molecule has 0 radical (unpaired) electrons. The summed E-state index contributed by atoms with van der Waals surface area (Å²) in [5, 5.41) is 14.3. The van der Waals surface area contributed by atoms with Gasteiger partial charge in [0, 0.05) is 12.3 Å². The van der Waals surface area contributed by atoms with E-state index in [1.807, 2.05) is 0 Å². The number of rotatable bonds is 5. The molecule has 0 saturated carbocycles. The first kappa shape index (κ1) is 17.6. The Hall–Kier alpha value is -3.19. The van der Waals surface area contributed by atoms with Gasteiger partial charge in [0.05, 0.1) is 16.8 Å². The van der Waals surface area contributed by atoms with Gasteiger partial charge >= 0.3 is 5.97 Å². The van der Waals surface area contributed by atoms with Crippen LogP contribution < -0.4 is 10.6 Å². The van der Waals surface area contributed by atoms with Gasteiger partial charge in [0.15, 0.2) is 0 Å². The van der Waals surface area contributed by atoms with Gasteiger partial charge in [-0.15, -0.1) is 0 Å². The topological polar surface area (TPSA) is 105 Å². The highest BCUT2D eigenvalue weighted by Gasteiger charge is 2.24. The van der Waals surface area contributed by atoms with E-state index in [9.17, 15) is 14.4 Å². The minimum atomic E-state index is -1.04. The van der Waals surface area contributed by atoms with E-state index in [4.69, 9.17) is 9.84 Å². The molecule has 26 heavy (non-hydrogen) atoms. The summed E-state index contributed by atoms with van der Waals surface area (Å²) in [5.41, 5.74) is 1.29. The summed E-state index contributed by atoms with van der Waals surface area (Å²) >= 11 is 0. The van der Waals surface area contributed by atoms with E-state index in [2.05, 4.69) is 10.6 Å². The molecule has 0 bridgehead atoms. The number of carboxylic acids is 1. The third kappa shape index (κ3) is 4.07. The molecule has 1 fully saturated rings. The number of anilines is 2. The van der Waals surface area contributed by atoms with Crippen LogP contribution in [0.5, 0.6) is 0 Å². The second-order valence-corrected chi connectivity index (χ2v) is 5.87. The van der Waals surface area contributed by atoms with Crippen molar-refractivity contribution in [1.29, 1.82) is 0 Å². The number of hydrogen-bond acceptors (Lipinski definition) is 4. The van der Waals surface area contributed by atoms with E-state index in [0.717, 1.165) is 6.42 Å². The highest BCUT2D eigenvalue weighted by molar-refractivity contribution is 6.10. The fraction of sp³-hybridized carbons (Fsp3) is 0.211. The number of carboxylic acid groups (broad SMARTS) is 1. The lowest BCUT2D eigenvalue weighted by Gasteiger charge is -2.14. The summed E-state index contributed by atoms with van der Waals surface area (Å²) in [6, 6.07) is 12.5. The molecule has 7 heteroatoms. The lowest BCUT2D eigenvalue weighted by Crippen LogP contribution is -2.28. The first-order valence-electron chi connectivity index (χ1n) is 8.21. The highest BCUT2D eigenvalue weighted by atomic mass is 16.5. The predicted octanol–water partition coefficient (Wildman–Crippen LogP) is 2.75. The molecular formula is C19H18N2O5. The summed E-state index contributed by atoms with van der Waals surface area (Å²) in [5.74, 6) is -1.71. The van der Waals surface area contributed by atoms with Crippen molar-refractivity contribution in [3.05, 3.63) is 59.7 Å². The Morgan fingerprint density at radius 2 is 1.73 bits per heavy atom. The van der Waals surface area contributed by atoms with Gasteiger partial charge < -0.3 is 20.5 Å². The number of nitrogens with one attached hydrogen (secondary N) is 2. The molecule has 3 N–H and O–H groups in total. The molecule has 1 heterocycles. The molecule has 3 rings (SSSR count). The maximum Gasteiger partial charge on any atom is 0.335 e. The van der Waals surface area contributed by atoms with E-state index in [1.165, 1.54) is 24.3 Å². The molecule has 2 aromatic carbocycles. The maximum absolute atomic E-state index is 12.5. The Balaban J connectivity index is 1.72. The van der Waals surface area contributed by atoms with Gasteiger partial charge in [0.25, 0.3) is 11.8 Å². The van der Waals surface area contributed by atoms with Gasteiger partial charge in [-0.3, -0.25) is 9.59 Å². The van der Waals surface area contributed by atoms with Crippen molar-refractivity contribution in [3.63, 3.8) is 0 Å². The van der Waals surface area contributed by atoms with Gasteiger partial charge in [-0.2, -0.15) is 0 Å². The van der Waals surface area contributed by atoms with Crippen LogP contribution in [-0.4, -0.2) is 35.6 Å². The molecule has 7 nitrogen and oxygen atoms in total. The lowest BCUT2D eigenvalue weighted by atomic mass is 10.1. The number of benzene rings is 2. The van der Waals surface area contributed by atoms with E-state index in [1.54, 1.807) is 24.3 Å². The number of ether oxygens (including phenoxy) is 1. The Morgan fingerprint density at radius 3 is 2.38 bits per heavy atom. The Labute approximate surface area is 150 Å². The van der Waals surface area contributed by atoms with Crippen molar-refractivity contribution in [3.8, 4) is 0 Å². The van der Waals surface area contributed by atoms with Crippen LogP contribution >= 0.6 is 0 Å². The average molecular weight is 354 g/mol. The summed E-state index contributed by atoms with van der Waals surface area (Å²) in [6.07, 6.45) is 1.01. The molecule has 0 aromatic heterocycles. The minimum absolute atomic E-state index is 0.132. The predicted molar refractivity (Wildman–Crippen MR) is 95.4 cm³/mol. The lowest BCUT2D eigenvalue weighted by molar-refractivity contribution is -0.124. The fourth-order valence-electron chi connectivity index (χ4n) is 2.68. The van der Waals surface area contributed by atoms with Crippen molar-refractivity contribution in [2.45, 2.75) is 18.9 Å².